The van der Waals surface area contributed by atoms with Gasteiger partial charge >= 0.3 is 0 Å². The molecule has 17 heavy (non-hydrogen) atoms. The molecule has 0 aromatic carbocycles. The predicted molar refractivity (Wildman–Crippen MR) is 67.3 cm³/mol. The predicted octanol–water partition coefficient (Wildman–Crippen LogP) is 1.33. The smallest absolute Gasteiger partial charge is 0.248 e. The monoisotopic (exact) mass is 236 g/mol. The minimum absolute atomic E-state index is 1.17. The fourth-order valence-corrected chi connectivity index (χ4v) is 1.51. The van der Waals surface area contributed by atoms with Crippen molar-refractivity contribution in [2.75, 3.05) is 0 Å². The molecule has 2 rings (SSSR count). The van der Waals surface area contributed by atoms with Crippen LogP contribution in [0.5, 0.6) is 0 Å². The van der Waals surface area contributed by atoms with E-state index in [0.717, 1.165) is 0 Å². The summed E-state index contributed by atoms with van der Waals surface area (Å²) < 4.78 is 4.16. The Hall–Kier alpha value is -1.58. The summed E-state index contributed by atoms with van der Waals surface area (Å²) in [5.74, 6) is 2.50. The Kier molecular flexibility index (Phi) is 5.46. The maximum absolute atomic E-state index is 3.20. The zero-order valence-electron chi connectivity index (χ0n) is 11.3. The van der Waals surface area contributed by atoms with Crippen molar-refractivity contribution < 1.29 is 9.13 Å². The van der Waals surface area contributed by atoms with Crippen LogP contribution in [0, 0.1) is 6.92 Å². The third-order valence-corrected chi connectivity index (χ3v) is 2.86. The molecule has 0 bridgehead atoms. The molecule has 2 N–H and O–H groups in total. The van der Waals surface area contributed by atoms with Gasteiger partial charge in [-0.2, -0.15) is 0 Å². The molecule has 0 saturated heterocycles. The molecule has 94 valence electrons. The van der Waals surface area contributed by atoms with E-state index < -0.39 is 0 Å². The highest BCUT2D eigenvalue weighted by molar-refractivity contribution is 4.76. The fraction of sp³-hybridized carbons (Fsp3) is 0.538. The van der Waals surface area contributed by atoms with Crippen molar-refractivity contribution in [3.63, 3.8) is 0 Å². The molecular formula is C13H24N4+2. The number of aromatic nitrogens is 4. The van der Waals surface area contributed by atoms with Gasteiger partial charge in [0.15, 0.2) is 0 Å². The number of H-pyrrole nitrogens is 2. The molecule has 0 fully saturated rings. The van der Waals surface area contributed by atoms with Crippen molar-refractivity contribution in [1.82, 2.24) is 9.97 Å². The zero-order chi connectivity index (χ0) is 12.7. The highest BCUT2D eigenvalue weighted by atomic mass is 15.0. The van der Waals surface area contributed by atoms with E-state index in [2.05, 4.69) is 28.5 Å². The first-order valence-corrected chi connectivity index (χ1v) is 6.16. The van der Waals surface area contributed by atoms with E-state index in [1.807, 2.05) is 43.3 Å². The minimum atomic E-state index is 1.17. The van der Waals surface area contributed by atoms with Crippen LogP contribution in [0.1, 0.15) is 31.4 Å². The minimum Gasteiger partial charge on any atom is -0.248 e. The van der Waals surface area contributed by atoms with Crippen LogP contribution in [0.25, 0.3) is 0 Å². The lowest BCUT2D eigenvalue weighted by atomic mass is 10.2. The molecule has 0 atom stereocenters. The van der Waals surface area contributed by atoms with Crippen molar-refractivity contribution in [3.05, 3.63) is 36.4 Å². The first-order valence-electron chi connectivity index (χ1n) is 6.16. The lowest BCUT2D eigenvalue weighted by Gasteiger charge is -1.91. The van der Waals surface area contributed by atoms with Crippen molar-refractivity contribution in [1.29, 1.82) is 0 Å². The van der Waals surface area contributed by atoms with Crippen LogP contribution < -0.4 is 9.13 Å². The molecule has 0 unspecified atom stereocenters. The highest BCUT2D eigenvalue weighted by Gasteiger charge is 2.03. The van der Waals surface area contributed by atoms with Crippen molar-refractivity contribution in [3.8, 4) is 0 Å². The fourth-order valence-electron chi connectivity index (χ4n) is 1.51. The summed E-state index contributed by atoms with van der Waals surface area (Å²) >= 11 is 0. The third kappa shape index (κ3) is 4.43. The summed E-state index contributed by atoms with van der Waals surface area (Å²) in [4.78, 5) is 6.23. The van der Waals surface area contributed by atoms with Crippen LogP contribution in [-0.2, 0) is 20.5 Å². The Morgan fingerprint density at radius 1 is 1.06 bits per heavy atom. The molecule has 0 radical (unpaired) electrons. The van der Waals surface area contributed by atoms with Gasteiger partial charge in [0.05, 0.1) is 14.1 Å². The molecule has 4 nitrogen and oxygen atoms in total. The maximum Gasteiger partial charge on any atom is 0.253 e. The summed E-state index contributed by atoms with van der Waals surface area (Å²) in [7, 11) is 4.08. The van der Waals surface area contributed by atoms with Gasteiger partial charge in [-0.3, -0.25) is 0 Å². The van der Waals surface area contributed by atoms with E-state index in [9.17, 15) is 0 Å². The van der Waals surface area contributed by atoms with E-state index in [1.165, 1.54) is 30.9 Å². The van der Waals surface area contributed by atoms with E-state index in [1.54, 1.807) is 0 Å². The van der Waals surface area contributed by atoms with Crippen molar-refractivity contribution in [2.45, 2.75) is 33.1 Å². The number of hydrogen-bond acceptors (Lipinski definition) is 0. The molecule has 0 saturated carbocycles. The Morgan fingerprint density at radius 3 is 2.06 bits per heavy atom. The number of nitrogens with zero attached hydrogens (tertiary/aromatic N) is 2. The van der Waals surface area contributed by atoms with Gasteiger partial charge in [0.25, 0.3) is 11.6 Å². The number of aromatic amines is 2. The topological polar surface area (TPSA) is 39.3 Å². The average Bonchev–Trinajstić information content (AvgIpc) is 2.87. The zero-order valence-corrected chi connectivity index (χ0v) is 11.3. The largest absolute Gasteiger partial charge is 0.253 e. The lowest BCUT2D eigenvalue weighted by Crippen LogP contribution is -2.30. The van der Waals surface area contributed by atoms with E-state index >= 15 is 0 Å². The van der Waals surface area contributed by atoms with Gasteiger partial charge in [-0.05, 0) is 6.42 Å². The molecule has 2 aromatic rings. The lowest BCUT2D eigenvalue weighted by molar-refractivity contribution is -0.677. The summed E-state index contributed by atoms with van der Waals surface area (Å²) in [5.41, 5.74) is 0. The molecule has 4 heteroatoms. The Balaban J connectivity index is 0.000000181. The highest BCUT2D eigenvalue weighted by Crippen LogP contribution is 1.94. The second-order valence-corrected chi connectivity index (χ2v) is 4.28. The second-order valence-electron chi connectivity index (χ2n) is 4.28. The summed E-state index contributed by atoms with van der Waals surface area (Å²) in [6.45, 7) is 4.24. The van der Waals surface area contributed by atoms with Gasteiger partial charge in [-0.15, -0.1) is 0 Å². The van der Waals surface area contributed by atoms with Crippen molar-refractivity contribution >= 4 is 0 Å². The van der Waals surface area contributed by atoms with Crippen LogP contribution in [0.2, 0.25) is 0 Å². The summed E-state index contributed by atoms with van der Waals surface area (Å²) in [5, 5.41) is 0. The molecule has 2 aromatic heterocycles. The first-order chi connectivity index (χ1) is 8.15. The molecule has 0 spiro atoms. The summed E-state index contributed by atoms with van der Waals surface area (Å²) in [6.07, 6.45) is 11.6. The van der Waals surface area contributed by atoms with E-state index in [0.29, 0.717) is 0 Å². The van der Waals surface area contributed by atoms with Crippen LogP contribution in [0.3, 0.4) is 0 Å². The van der Waals surface area contributed by atoms with Gasteiger partial charge in [0, 0.05) is 13.3 Å². The van der Waals surface area contributed by atoms with Gasteiger partial charge in [-0.1, -0.05) is 13.3 Å². The number of nitrogens with one attached hydrogen (secondary N) is 2. The van der Waals surface area contributed by atoms with Gasteiger partial charge in [0.2, 0.25) is 0 Å². The number of unbranched alkanes of at least 4 members (excludes halogenated alkanes) is 1. The Labute approximate surface area is 103 Å². The van der Waals surface area contributed by atoms with Crippen LogP contribution >= 0.6 is 0 Å². The van der Waals surface area contributed by atoms with Crippen molar-refractivity contribution in [2.24, 2.45) is 14.1 Å². The third-order valence-electron chi connectivity index (χ3n) is 2.86. The summed E-state index contributed by atoms with van der Waals surface area (Å²) in [6, 6.07) is 0. The molecule has 0 amide bonds. The van der Waals surface area contributed by atoms with Crippen LogP contribution in [0.4, 0.5) is 0 Å². The average molecular weight is 236 g/mol. The number of hydrogen-bond donors (Lipinski definition) is 2. The van der Waals surface area contributed by atoms with Gasteiger partial charge in [-0.25, -0.2) is 19.1 Å². The number of rotatable bonds is 3. The van der Waals surface area contributed by atoms with Gasteiger partial charge in [0.1, 0.15) is 24.8 Å². The SMILES string of the molecule is CCCCc1[nH]cc[n+]1C.Cc1[nH]cc[n+]1C. The van der Waals surface area contributed by atoms with E-state index in [-0.39, 0.29) is 0 Å². The number of imidazole rings is 2. The Morgan fingerprint density at radius 2 is 1.71 bits per heavy atom. The maximum atomic E-state index is 3.20. The normalized spacial score (nSPS) is 9.88. The molecule has 0 aliphatic heterocycles. The first kappa shape index (κ1) is 13.5. The molecular weight excluding hydrogens is 212 g/mol. The van der Waals surface area contributed by atoms with Gasteiger partial charge < -0.3 is 0 Å². The van der Waals surface area contributed by atoms with Crippen LogP contribution in [0.15, 0.2) is 24.8 Å². The Bertz CT molecular complexity index is 412. The quantitative estimate of drug-likeness (QED) is 0.755. The number of aryl methyl sites for hydroxylation is 4. The molecule has 2 heterocycles. The van der Waals surface area contributed by atoms with Crippen LogP contribution in [-0.4, -0.2) is 9.97 Å². The van der Waals surface area contributed by atoms with E-state index in [4.69, 9.17) is 0 Å². The second kappa shape index (κ2) is 6.89. The molecule has 0 aliphatic carbocycles. The standard InChI is InChI=1S/C8H14N2.C5H8N2/c1-3-4-5-8-9-6-7-10(8)2;1-5-6-3-4-7(5)2/h6-7H,3-5H2,1-2H3;3-4H,1-2H3/p+2. The molecule has 0 aliphatic rings.